The van der Waals surface area contributed by atoms with Crippen LogP contribution in [0.3, 0.4) is 0 Å². The summed E-state index contributed by atoms with van der Waals surface area (Å²) in [5, 5.41) is 22.2. The molecule has 0 amide bonds. The lowest BCUT2D eigenvalue weighted by Gasteiger charge is -2.40. The van der Waals surface area contributed by atoms with E-state index in [1.54, 1.807) is 6.07 Å². The SMILES string of the molecule is CC1CCCC(CO)(Nc2cccc(C#N)c2N)C1. The molecule has 1 aromatic carbocycles. The van der Waals surface area contributed by atoms with Gasteiger partial charge in [-0.1, -0.05) is 25.8 Å². The second-order valence-electron chi connectivity index (χ2n) is 5.64. The maximum absolute atomic E-state index is 9.77. The van der Waals surface area contributed by atoms with E-state index in [0.717, 1.165) is 24.9 Å². The first-order valence-corrected chi connectivity index (χ1v) is 6.78. The summed E-state index contributed by atoms with van der Waals surface area (Å²) in [6.45, 7) is 2.30. The molecular formula is C15H21N3O. The van der Waals surface area contributed by atoms with Crippen molar-refractivity contribution in [2.24, 2.45) is 5.92 Å². The van der Waals surface area contributed by atoms with Crippen LogP contribution in [0.5, 0.6) is 0 Å². The smallest absolute Gasteiger partial charge is 0.101 e. The molecule has 0 saturated heterocycles. The molecule has 2 rings (SSSR count). The topological polar surface area (TPSA) is 82.1 Å². The Labute approximate surface area is 114 Å². The zero-order chi connectivity index (χ0) is 13.9. The number of aliphatic hydroxyl groups excluding tert-OH is 1. The van der Waals surface area contributed by atoms with Crippen LogP contribution in [0.15, 0.2) is 18.2 Å². The van der Waals surface area contributed by atoms with Crippen molar-refractivity contribution in [3.05, 3.63) is 23.8 Å². The number of nitrogen functional groups attached to an aromatic ring is 1. The summed E-state index contributed by atoms with van der Waals surface area (Å²) in [6, 6.07) is 7.47. The number of anilines is 2. The number of nitrogens with two attached hydrogens (primary N) is 1. The molecule has 0 aliphatic heterocycles. The third-order valence-electron chi connectivity index (χ3n) is 4.02. The van der Waals surface area contributed by atoms with Gasteiger partial charge in [-0.2, -0.15) is 5.26 Å². The predicted molar refractivity (Wildman–Crippen MR) is 76.6 cm³/mol. The van der Waals surface area contributed by atoms with E-state index in [4.69, 9.17) is 11.0 Å². The van der Waals surface area contributed by atoms with Gasteiger partial charge in [0.1, 0.15) is 6.07 Å². The van der Waals surface area contributed by atoms with Crippen LogP contribution in [-0.4, -0.2) is 17.3 Å². The molecule has 4 heteroatoms. The molecule has 0 radical (unpaired) electrons. The lowest BCUT2D eigenvalue weighted by molar-refractivity contribution is 0.149. The van der Waals surface area contributed by atoms with E-state index < -0.39 is 0 Å². The molecule has 1 aliphatic carbocycles. The summed E-state index contributed by atoms with van der Waals surface area (Å²) >= 11 is 0. The second kappa shape index (κ2) is 5.50. The molecular weight excluding hydrogens is 238 g/mol. The molecule has 2 atom stereocenters. The van der Waals surface area contributed by atoms with Crippen molar-refractivity contribution in [2.75, 3.05) is 17.7 Å². The Kier molecular flexibility index (Phi) is 3.96. The summed E-state index contributed by atoms with van der Waals surface area (Å²) in [4.78, 5) is 0. The Balaban J connectivity index is 2.26. The van der Waals surface area contributed by atoms with Crippen LogP contribution < -0.4 is 11.1 Å². The number of nitrogens with one attached hydrogen (secondary N) is 1. The maximum Gasteiger partial charge on any atom is 0.101 e. The summed E-state index contributed by atoms with van der Waals surface area (Å²) in [6.07, 6.45) is 4.17. The Morgan fingerprint density at radius 3 is 3.00 bits per heavy atom. The maximum atomic E-state index is 9.77. The van der Waals surface area contributed by atoms with E-state index in [-0.39, 0.29) is 12.1 Å². The van der Waals surface area contributed by atoms with E-state index in [9.17, 15) is 5.11 Å². The summed E-state index contributed by atoms with van der Waals surface area (Å²) in [5.74, 6) is 0.591. The molecule has 0 spiro atoms. The molecule has 1 saturated carbocycles. The first kappa shape index (κ1) is 13.7. The minimum Gasteiger partial charge on any atom is -0.396 e. The molecule has 4 N–H and O–H groups in total. The quantitative estimate of drug-likeness (QED) is 0.728. The molecule has 2 unspecified atom stereocenters. The van der Waals surface area contributed by atoms with Gasteiger partial charge in [0.2, 0.25) is 0 Å². The van der Waals surface area contributed by atoms with Crippen LogP contribution >= 0.6 is 0 Å². The number of nitriles is 1. The zero-order valence-electron chi connectivity index (χ0n) is 11.3. The van der Waals surface area contributed by atoms with Gasteiger partial charge in [-0.15, -0.1) is 0 Å². The van der Waals surface area contributed by atoms with Gasteiger partial charge < -0.3 is 16.2 Å². The highest BCUT2D eigenvalue weighted by atomic mass is 16.3. The number of para-hydroxylation sites is 1. The molecule has 102 valence electrons. The monoisotopic (exact) mass is 259 g/mol. The summed E-state index contributed by atoms with van der Waals surface area (Å²) in [5.41, 5.74) is 7.38. The van der Waals surface area contributed by atoms with Crippen LogP contribution in [0, 0.1) is 17.2 Å². The first-order valence-electron chi connectivity index (χ1n) is 6.78. The van der Waals surface area contributed by atoms with Crippen LogP contribution in [-0.2, 0) is 0 Å². The Hall–Kier alpha value is -1.73. The number of benzene rings is 1. The molecule has 1 fully saturated rings. The van der Waals surface area contributed by atoms with Gasteiger partial charge in [-0.05, 0) is 30.9 Å². The van der Waals surface area contributed by atoms with Crippen molar-refractivity contribution in [1.82, 2.24) is 0 Å². The van der Waals surface area contributed by atoms with E-state index in [1.165, 1.54) is 6.42 Å². The fourth-order valence-corrected chi connectivity index (χ4v) is 3.01. The van der Waals surface area contributed by atoms with Gasteiger partial charge in [0.25, 0.3) is 0 Å². The first-order chi connectivity index (χ1) is 9.10. The van der Waals surface area contributed by atoms with Crippen molar-refractivity contribution in [3.63, 3.8) is 0 Å². The van der Waals surface area contributed by atoms with Gasteiger partial charge in [0, 0.05) is 0 Å². The number of aliphatic hydroxyl groups is 1. The highest BCUT2D eigenvalue weighted by Crippen LogP contribution is 2.36. The average molecular weight is 259 g/mol. The molecule has 0 aromatic heterocycles. The van der Waals surface area contributed by atoms with Crippen LogP contribution in [0.25, 0.3) is 0 Å². The van der Waals surface area contributed by atoms with E-state index in [2.05, 4.69) is 18.3 Å². The fourth-order valence-electron chi connectivity index (χ4n) is 3.01. The van der Waals surface area contributed by atoms with Crippen molar-refractivity contribution in [2.45, 2.75) is 38.1 Å². The number of rotatable bonds is 3. The molecule has 0 heterocycles. The van der Waals surface area contributed by atoms with Gasteiger partial charge in [-0.3, -0.25) is 0 Å². The minimum atomic E-state index is -0.306. The van der Waals surface area contributed by atoms with E-state index >= 15 is 0 Å². The largest absolute Gasteiger partial charge is 0.396 e. The molecule has 1 aromatic rings. The van der Waals surface area contributed by atoms with Crippen LogP contribution in [0.2, 0.25) is 0 Å². The van der Waals surface area contributed by atoms with Crippen molar-refractivity contribution < 1.29 is 5.11 Å². The van der Waals surface area contributed by atoms with E-state index in [1.807, 2.05) is 12.1 Å². The second-order valence-corrected chi connectivity index (χ2v) is 5.64. The standard InChI is InChI=1S/C15H21N3O/c1-11-4-3-7-15(8-11,10-19)18-13-6-2-5-12(9-16)14(13)17/h2,5-6,11,18-19H,3-4,7-8,10,17H2,1H3. The lowest BCUT2D eigenvalue weighted by atomic mass is 9.76. The predicted octanol–water partition coefficient (Wildman–Crippen LogP) is 2.49. The van der Waals surface area contributed by atoms with Crippen LogP contribution in [0.4, 0.5) is 11.4 Å². The number of hydrogen-bond donors (Lipinski definition) is 3. The Morgan fingerprint density at radius 2 is 2.37 bits per heavy atom. The zero-order valence-corrected chi connectivity index (χ0v) is 11.3. The normalized spacial score (nSPS) is 26.7. The van der Waals surface area contributed by atoms with Crippen LogP contribution in [0.1, 0.15) is 38.2 Å². The van der Waals surface area contributed by atoms with Gasteiger partial charge in [-0.25, -0.2) is 0 Å². The van der Waals surface area contributed by atoms with E-state index in [0.29, 0.717) is 17.2 Å². The third kappa shape index (κ3) is 2.82. The highest BCUT2D eigenvalue weighted by molar-refractivity contribution is 5.73. The van der Waals surface area contributed by atoms with Gasteiger partial charge in [0.15, 0.2) is 0 Å². The summed E-state index contributed by atoms with van der Waals surface area (Å²) < 4.78 is 0. The van der Waals surface area contributed by atoms with Crippen molar-refractivity contribution in [1.29, 1.82) is 5.26 Å². The minimum absolute atomic E-state index is 0.0908. The Morgan fingerprint density at radius 1 is 1.58 bits per heavy atom. The van der Waals surface area contributed by atoms with Gasteiger partial charge >= 0.3 is 0 Å². The number of nitrogens with zero attached hydrogens (tertiary/aromatic N) is 1. The van der Waals surface area contributed by atoms with Crippen molar-refractivity contribution in [3.8, 4) is 6.07 Å². The lowest BCUT2D eigenvalue weighted by Crippen LogP contribution is -2.46. The highest BCUT2D eigenvalue weighted by Gasteiger charge is 2.34. The molecule has 0 bridgehead atoms. The molecule has 19 heavy (non-hydrogen) atoms. The molecule has 1 aliphatic rings. The third-order valence-corrected chi connectivity index (χ3v) is 4.02. The Bertz CT molecular complexity index is 495. The van der Waals surface area contributed by atoms with Crippen molar-refractivity contribution >= 4 is 11.4 Å². The fraction of sp³-hybridized carbons (Fsp3) is 0.533. The average Bonchev–Trinajstić information content (AvgIpc) is 2.41. The number of hydrogen-bond acceptors (Lipinski definition) is 4. The summed E-state index contributed by atoms with van der Waals surface area (Å²) in [7, 11) is 0. The molecule has 4 nitrogen and oxygen atoms in total. The van der Waals surface area contributed by atoms with Gasteiger partial charge in [0.05, 0.1) is 29.1 Å².